The summed E-state index contributed by atoms with van der Waals surface area (Å²) in [6.07, 6.45) is 0. The van der Waals surface area contributed by atoms with Gasteiger partial charge in [0.2, 0.25) is 0 Å². The first-order valence-corrected chi connectivity index (χ1v) is 3.18. The molecule has 0 fully saturated rings. The number of hydrogen-bond donors (Lipinski definition) is 1. The lowest BCUT2D eigenvalue weighted by Crippen LogP contribution is -2.09. The zero-order valence-electron chi connectivity index (χ0n) is 5.86. The van der Waals surface area contributed by atoms with E-state index in [-0.39, 0.29) is 6.61 Å². The molecule has 58 valence electrons. The molecule has 0 aliphatic heterocycles. The molecule has 0 amide bonds. The Kier molecular flexibility index (Phi) is 2.49. The molecule has 0 aliphatic carbocycles. The molecule has 11 heavy (non-hydrogen) atoms. The van der Waals surface area contributed by atoms with Gasteiger partial charge in [0.1, 0.15) is 5.75 Å². The highest BCUT2D eigenvalue weighted by Gasteiger charge is 1.96. The van der Waals surface area contributed by atoms with Crippen LogP contribution in [0, 0.1) is 0 Å². The molecule has 0 saturated carbocycles. The Hall–Kier alpha value is -1.51. The van der Waals surface area contributed by atoms with E-state index in [9.17, 15) is 4.79 Å². The van der Waals surface area contributed by atoms with Crippen molar-refractivity contribution in [2.45, 2.75) is 0 Å². The van der Waals surface area contributed by atoms with Crippen molar-refractivity contribution in [3.05, 3.63) is 30.3 Å². The van der Waals surface area contributed by atoms with Gasteiger partial charge in [-0.15, -0.1) is 0 Å². The third-order valence-electron chi connectivity index (χ3n) is 1.11. The van der Waals surface area contributed by atoms with E-state index in [1.165, 1.54) is 0 Å². The molecule has 1 rings (SSSR count). The molecule has 0 aromatic heterocycles. The molecule has 3 nitrogen and oxygen atoms in total. The van der Waals surface area contributed by atoms with Gasteiger partial charge in [0.25, 0.3) is 0 Å². The second-order valence-corrected chi connectivity index (χ2v) is 2.00. The number of para-hydroxylation sites is 1. The van der Waals surface area contributed by atoms with Crippen molar-refractivity contribution in [1.82, 2.24) is 0 Å². The summed E-state index contributed by atoms with van der Waals surface area (Å²) in [5.74, 6) is -0.385. The van der Waals surface area contributed by atoms with E-state index in [4.69, 9.17) is 9.84 Å². The molecule has 0 atom stereocenters. The fraction of sp³-hybridized carbons (Fsp3) is 0.125. The molecular weight excluding hydrogens is 146 g/mol. The Balaban J connectivity index is 2.45. The third kappa shape index (κ3) is 2.71. The number of carboxylic acids is 1. The highest BCUT2D eigenvalue weighted by Crippen LogP contribution is 2.07. The van der Waals surface area contributed by atoms with Gasteiger partial charge in [-0.1, -0.05) is 18.2 Å². The molecule has 0 unspecified atom stereocenters. The Labute approximate surface area is 64.2 Å². The lowest BCUT2D eigenvalue weighted by molar-refractivity contribution is -0.139. The monoisotopic (exact) mass is 154 g/mol. The van der Waals surface area contributed by atoms with Gasteiger partial charge < -0.3 is 9.84 Å². The molecule has 3 heteroatoms. The van der Waals surface area contributed by atoms with Crippen LogP contribution in [-0.2, 0) is 4.79 Å². The Morgan fingerprint density at radius 2 is 2.00 bits per heavy atom. The summed E-state index contributed by atoms with van der Waals surface area (Å²) in [6, 6.07) is 8.84. The number of hydrogen-bond acceptors (Lipinski definition) is 2. The van der Waals surface area contributed by atoms with E-state index < -0.39 is 5.97 Å². The van der Waals surface area contributed by atoms with Crippen molar-refractivity contribution >= 4 is 5.97 Å². The standard InChI is InChI=1S/C8H8O3/c9-8(10)6-11-7-4-2-1-3-5-7/h1-5H,6H2,(H,9,10)/i7+2. The van der Waals surface area contributed by atoms with Crippen LogP contribution in [0.25, 0.3) is 0 Å². The molecule has 0 radical (unpaired) electrons. The summed E-state index contributed by atoms with van der Waals surface area (Å²) < 4.78 is 4.87. The summed E-state index contributed by atoms with van der Waals surface area (Å²) in [6.45, 7) is -0.288. The molecular formula is C8H8O3. The van der Waals surface area contributed by atoms with E-state index in [0.717, 1.165) is 0 Å². The zero-order valence-corrected chi connectivity index (χ0v) is 5.86. The number of aliphatic carboxylic acids is 1. The molecule has 0 bridgehead atoms. The van der Waals surface area contributed by atoms with Gasteiger partial charge in [-0.05, 0) is 12.1 Å². The van der Waals surface area contributed by atoms with E-state index >= 15 is 0 Å². The zero-order chi connectivity index (χ0) is 8.10. The summed E-state index contributed by atoms with van der Waals surface area (Å²) in [7, 11) is 0. The lowest BCUT2D eigenvalue weighted by atomic mass is 10.5. The fourth-order valence-corrected chi connectivity index (χ4v) is 0.662. The SMILES string of the molecule is O=C(O)CO[14c]1ccccc1. The second kappa shape index (κ2) is 3.61. The van der Waals surface area contributed by atoms with Crippen LogP contribution in [0.2, 0.25) is 0 Å². The maximum atomic E-state index is 10.0. The van der Waals surface area contributed by atoms with Crippen LogP contribution in [0.1, 0.15) is 0 Å². The van der Waals surface area contributed by atoms with Crippen molar-refractivity contribution in [3.63, 3.8) is 0 Å². The predicted molar refractivity (Wildman–Crippen MR) is 39.6 cm³/mol. The molecule has 0 aliphatic rings. The normalized spacial score (nSPS) is 9.09. The van der Waals surface area contributed by atoms with Crippen LogP contribution in [0.4, 0.5) is 0 Å². The van der Waals surface area contributed by atoms with Gasteiger partial charge in [0.15, 0.2) is 6.61 Å². The summed E-state index contributed by atoms with van der Waals surface area (Å²) >= 11 is 0. The lowest BCUT2D eigenvalue weighted by Gasteiger charge is -2.00. The molecule has 1 aromatic rings. The van der Waals surface area contributed by atoms with Crippen molar-refractivity contribution < 1.29 is 14.6 Å². The number of carbonyl (C=O) groups is 1. The molecule has 1 aromatic carbocycles. The van der Waals surface area contributed by atoms with E-state index in [0.29, 0.717) is 5.75 Å². The number of ether oxygens (including phenoxy) is 1. The quantitative estimate of drug-likeness (QED) is 0.710. The van der Waals surface area contributed by atoms with E-state index in [1.54, 1.807) is 24.3 Å². The maximum absolute atomic E-state index is 10.0. The van der Waals surface area contributed by atoms with Gasteiger partial charge in [-0.25, -0.2) is 4.79 Å². The minimum absolute atomic E-state index is 0.288. The predicted octanol–water partition coefficient (Wildman–Crippen LogP) is 1.15. The van der Waals surface area contributed by atoms with Gasteiger partial charge in [-0.2, -0.15) is 0 Å². The van der Waals surface area contributed by atoms with Gasteiger partial charge >= 0.3 is 5.97 Å². The highest BCUT2D eigenvalue weighted by molar-refractivity contribution is 5.68. The van der Waals surface area contributed by atoms with Crippen molar-refractivity contribution in [1.29, 1.82) is 0 Å². The molecule has 0 spiro atoms. The Morgan fingerprint density at radius 1 is 1.36 bits per heavy atom. The molecule has 1 N–H and O–H groups in total. The first kappa shape index (κ1) is 7.60. The summed E-state index contributed by atoms with van der Waals surface area (Å²) in [4.78, 5) is 10.0. The largest absolute Gasteiger partial charge is 0.482 e. The van der Waals surface area contributed by atoms with Crippen LogP contribution in [0.3, 0.4) is 0 Å². The van der Waals surface area contributed by atoms with Gasteiger partial charge in [0.05, 0.1) is 0 Å². The molecule has 0 heterocycles. The Bertz CT molecular complexity index is 230. The second-order valence-electron chi connectivity index (χ2n) is 2.00. The highest BCUT2D eigenvalue weighted by atomic mass is 16.7. The van der Waals surface area contributed by atoms with Crippen molar-refractivity contribution in [2.75, 3.05) is 6.61 Å². The smallest absolute Gasteiger partial charge is 0.341 e. The van der Waals surface area contributed by atoms with Crippen molar-refractivity contribution in [3.8, 4) is 5.75 Å². The first-order chi connectivity index (χ1) is 5.29. The number of rotatable bonds is 3. The first-order valence-electron chi connectivity index (χ1n) is 3.18. The minimum atomic E-state index is -0.964. The average Bonchev–Trinajstić information content (AvgIpc) is 2.03. The third-order valence-corrected chi connectivity index (χ3v) is 1.11. The van der Waals surface area contributed by atoms with Crippen LogP contribution in [0.5, 0.6) is 5.75 Å². The van der Waals surface area contributed by atoms with Crippen LogP contribution >= 0.6 is 0 Å². The topological polar surface area (TPSA) is 46.5 Å². The van der Waals surface area contributed by atoms with Gasteiger partial charge in [-0.3, -0.25) is 0 Å². The van der Waals surface area contributed by atoms with E-state index in [2.05, 4.69) is 0 Å². The molecule has 0 saturated heterocycles. The van der Waals surface area contributed by atoms with Crippen LogP contribution < -0.4 is 4.74 Å². The average molecular weight is 154 g/mol. The van der Waals surface area contributed by atoms with Crippen LogP contribution in [-0.4, -0.2) is 17.7 Å². The number of benzene rings is 1. The van der Waals surface area contributed by atoms with E-state index in [1.807, 2.05) is 6.07 Å². The fourth-order valence-electron chi connectivity index (χ4n) is 0.662. The minimum Gasteiger partial charge on any atom is -0.482 e. The summed E-state index contributed by atoms with van der Waals surface area (Å²) in [5, 5.41) is 8.25. The van der Waals surface area contributed by atoms with Crippen LogP contribution in [0.15, 0.2) is 30.3 Å². The van der Waals surface area contributed by atoms with Gasteiger partial charge in [0, 0.05) is 0 Å². The number of carboxylic acid groups (broad SMARTS) is 1. The summed E-state index contributed by atoms with van der Waals surface area (Å²) in [5.41, 5.74) is 0. The van der Waals surface area contributed by atoms with Crippen molar-refractivity contribution in [2.24, 2.45) is 0 Å². The Morgan fingerprint density at radius 3 is 2.55 bits per heavy atom. The maximum Gasteiger partial charge on any atom is 0.341 e.